The molecule has 0 aromatic heterocycles. The van der Waals surface area contributed by atoms with Crippen LogP contribution in [0.3, 0.4) is 0 Å². The first-order valence-electron chi connectivity index (χ1n) is 11.3. The molecule has 150 valence electrons. The van der Waals surface area contributed by atoms with E-state index in [1.165, 1.54) is 102 Å². The van der Waals surface area contributed by atoms with Crippen molar-refractivity contribution in [3.05, 3.63) is 35.4 Å². The third-order valence-electron chi connectivity index (χ3n) is 5.69. The highest BCUT2D eigenvalue weighted by Crippen LogP contribution is 2.12. The second kappa shape index (κ2) is 15.2. The monoisotopic (exact) mass is 360 g/mol. The Balaban J connectivity index is 2.11. The van der Waals surface area contributed by atoms with E-state index in [4.69, 9.17) is 0 Å². The van der Waals surface area contributed by atoms with E-state index in [0.717, 1.165) is 0 Å². The van der Waals surface area contributed by atoms with Crippen LogP contribution in [0.1, 0.15) is 77.3 Å². The SMILES string of the molecule is CCN(CC)CCCCCc1ccc(CCCCCN(CC)CC)cc1. The molecule has 0 saturated carbocycles. The molecular weight excluding hydrogens is 316 g/mol. The molecule has 0 aliphatic heterocycles. The number of rotatable bonds is 16. The van der Waals surface area contributed by atoms with Gasteiger partial charge in [0.15, 0.2) is 0 Å². The molecule has 0 atom stereocenters. The number of aryl methyl sites for hydroxylation is 2. The van der Waals surface area contributed by atoms with Gasteiger partial charge < -0.3 is 9.80 Å². The van der Waals surface area contributed by atoms with Crippen LogP contribution in [0, 0.1) is 0 Å². The summed E-state index contributed by atoms with van der Waals surface area (Å²) in [6, 6.07) is 9.43. The molecule has 0 unspecified atom stereocenters. The van der Waals surface area contributed by atoms with Gasteiger partial charge in [0.2, 0.25) is 0 Å². The van der Waals surface area contributed by atoms with Crippen molar-refractivity contribution >= 4 is 0 Å². The summed E-state index contributed by atoms with van der Waals surface area (Å²) < 4.78 is 0. The predicted octanol–water partition coefficient (Wildman–Crippen LogP) is 5.80. The summed E-state index contributed by atoms with van der Waals surface area (Å²) in [5.41, 5.74) is 3.02. The maximum atomic E-state index is 2.52. The van der Waals surface area contributed by atoms with Crippen LogP contribution in [-0.4, -0.2) is 49.1 Å². The molecular formula is C24H44N2. The van der Waals surface area contributed by atoms with Crippen LogP contribution in [0.2, 0.25) is 0 Å². The van der Waals surface area contributed by atoms with Crippen LogP contribution >= 0.6 is 0 Å². The lowest BCUT2D eigenvalue weighted by molar-refractivity contribution is 0.296. The van der Waals surface area contributed by atoms with Crippen LogP contribution in [0.25, 0.3) is 0 Å². The Bertz CT molecular complexity index is 377. The van der Waals surface area contributed by atoms with Gasteiger partial charge >= 0.3 is 0 Å². The van der Waals surface area contributed by atoms with Gasteiger partial charge in [0.1, 0.15) is 0 Å². The molecule has 0 fully saturated rings. The summed E-state index contributed by atoms with van der Waals surface area (Å²) >= 11 is 0. The number of hydrogen-bond acceptors (Lipinski definition) is 2. The van der Waals surface area contributed by atoms with Crippen molar-refractivity contribution in [1.29, 1.82) is 0 Å². The van der Waals surface area contributed by atoms with E-state index in [1.807, 2.05) is 0 Å². The second-order valence-corrected chi connectivity index (χ2v) is 7.49. The zero-order chi connectivity index (χ0) is 19.0. The Kier molecular flexibility index (Phi) is 13.6. The van der Waals surface area contributed by atoms with E-state index in [1.54, 1.807) is 0 Å². The van der Waals surface area contributed by atoms with E-state index < -0.39 is 0 Å². The minimum atomic E-state index is 1.19. The van der Waals surface area contributed by atoms with Crippen molar-refractivity contribution in [3.63, 3.8) is 0 Å². The maximum Gasteiger partial charge on any atom is -0.00190 e. The van der Waals surface area contributed by atoms with Gasteiger partial charge in [0, 0.05) is 0 Å². The lowest BCUT2D eigenvalue weighted by Crippen LogP contribution is -2.23. The molecule has 1 aromatic carbocycles. The largest absolute Gasteiger partial charge is 0.304 e. The molecule has 1 aromatic rings. The standard InChI is InChI=1S/C24H44N2/c1-5-25(6-2)21-13-9-11-15-23-17-19-24(20-18-23)16-12-10-14-22-26(7-3)8-4/h17-20H,5-16,21-22H2,1-4H3. The average molecular weight is 361 g/mol. The molecule has 0 radical (unpaired) electrons. The Hall–Kier alpha value is -0.860. The zero-order valence-electron chi connectivity index (χ0n) is 18.1. The van der Waals surface area contributed by atoms with Crippen LogP contribution < -0.4 is 0 Å². The van der Waals surface area contributed by atoms with Crippen molar-refractivity contribution < 1.29 is 0 Å². The summed E-state index contributed by atoms with van der Waals surface area (Å²) in [4.78, 5) is 5.05. The number of hydrogen-bond donors (Lipinski definition) is 0. The molecule has 2 heteroatoms. The Morgan fingerprint density at radius 1 is 0.500 bits per heavy atom. The van der Waals surface area contributed by atoms with Crippen LogP contribution in [0.15, 0.2) is 24.3 Å². The highest BCUT2D eigenvalue weighted by atomic mass is 15.1. The fourth-order valence-corrected chi connectivity index (χ4v) is 3.63. The first-order valence-corrected chi connectivity index (χ1v) is 11.3. The molecule has 0 amide bonds. The lowest BCUT2D eigenvalue weighted by atomic mass is 10.0. The lowest BCUT2D eigenvalue weighted by Gasteiger charge is -2.17. The molecule has 0 bridgehead atoms. The Morgan fingerprint density at radius 2 is 0.846 bits per heavy atom. The van der Waals surface area contributed by atoms with E-state index >= 15 is 0 Å². The van der Waals surface area contributed by atoms with E-state index in [-0.39, 0.29) is 0 Å². The van der Waals surface area contributed by atoms with Gasteiger partial charge in [0.05, 0.1) is 0 Å². The van der Waals surface area contributed by atoms with Gasteiger partial charge in [-0.1, -0.05) is 64.8 Å². The Labute approximate surface area is 164 Å². The van der Waals surface area contributed by atoms with Crippen LogP contribution in [-0.2, 0) is 12.8 Å². The first-order chi connectivity index (χ1) is 12.7. The molecule has 0 N–H and O–H groups in total. The predicted molar refractivity (Wildman–Crippen MR) is 117 cm³/mol. The normalized spacial score (nSPS) is 11.6. The van der Waals surface area contributed by atoms with Gasteiger partial charge in [-0.15, -0.1) is 0 Å². The number of benzene rings is 1. The molecule has 2 nitrogen and oxygen atoms in total. The van der Waals surface area contributed by atoms with Crippen molar-refractivity contribution in [2.24, 2.45) is 0 Å². The fraction of sp³-hybridized carbons (Fsp3) is 0.750. The summed E-state index contributed by atoms with van der Waals surface area (Å²) in [6.07, 6.45) is 10.5. The first kappa shape index (κ1) is 23.2. The van der Waals surface area contributed by atoms with Crippen molar-refractivity contribution in [2.45, 2.75) is 79.1 Å². The fourth-order valence-electron chi connectivity index (χ4n) is 3.63. The molecule has 0 aliphatic carbocycles. The third-order valence-corrected chi connectivity index (χ3v) is 5.69. The van der Waals surface area contributed by atoms with E-state index in [2.05, 4.69) is 61.8 Å². The molecule has 0 aliphatic rings. The quantitative estimate of drug-likeness (QED) is 0.344. The minimum absolute atomic E-state index is 1.19. The summed E-state index contributed by atoms with van der Waals surface area (Å²) in [5, 5.41) is 0. The van der Waals surface area contributed by atoms with Crippen LogP contribution in [0.4, 0.5) is 0 Å². The molecule has 0 heterocycles. The summed E-state index contributed by atoms with van der Waals surface area (Å²) in [6.45, 7) is 16.3. The van der Waals surface area contributed by atoms with Crippen molar-refractivity contribution in [2.75, 3.05) is 39.3 Å². The highest BCUT2D eigenvalue weighted by Gasteiger charge is 2.01. The van der Waals surface area contributed by atoms with Crippen molar-refractivity contribution in [1.82, 2.24) is 9.80 Å². The maximum absolute atomic E-state index is 2.52. The van der Waals surface area contributed by atoms with Gasteiger partial charge in [-0.25, -0.2) is 0 Å². The molecule has 1 rings (SSSR count). The average Bonchev–Trinajstić information content (AvgIpc) is 2.68. The molecule has 0 spiro atoms. The number of unbranched alkanes of at least 4 members (excludes halogenated alkanes) is 4. The second-order valence-electron chi connectivity index (χ2n) is 7.49. The molecule has 26 heavy (non-hydrogen) atoms. The highest BCUT2D eigenvalue weighted by molar-refractivity contribution is 5.22. The van der Waals surface area contributed by atoms with E-state index in [0.29, 0.717) is 0 Å². The van der Waals surface area contributed by atoms with Gasteiger partial charge in [0.25, 0.3) is 0 Å². The number of nitrogens with zero attached hydrogens (tertiary/aromatic N) is 2. The van der Waals surface area contributed by atoms with Crippen molar-refractivity contribution in [3.8, 4) is 0 Å². The minimum Gasteiger partial charge on any atom is -0.304 e. The van der Waals surface area contributed by atoms with Gasteiger partial charge in [-0.2, -0.15) is 0 Å². The van der Waals surface area contributed by atoms with Crippen LogP contribution in [0.5, 0.6) is 0 Å². The summed E-state index contributed by atoms with van der Waals surface area (Å²) in [7, 11) is 0. The van der Waals surface area contributed by atoms with E-state index in [9.17, 15) is 0 Å². The molecule has 0 saturated heterocycles. The smallest absolute Gasteiger partial charge is 0.00190 e. The van der Waals surface area contributed by atoms with Gasteiger partial charge in [-0.05, 0) is 88.9 Å². The third kappa shape index (κ3) is 10.3. The Morgan fingerprint density at radius 3 is 1.15 bits per heavy atom. The topological polar surface area (TPSA) is 6.48 Å². The van der Waals surface area contributed by atoms with Gasteiger partial charge in [-0.3, -0.25) is 0 Å². The summed E-state index contributed by atoms with van der Waals surface area (Å²) in [5.74, 6) is 0. The zero-order valence-corrected chi connectivity index (χ0v) is 18.1.